The van der Waals surface area contributed by atoms with Crippen LogP contribution in [0, 0.1) is 6.92 Å². The summed E-state index contributed by atoms with van der Waals surface area (Å²) in [4.78, 5) is 17.6. The molecule has 4 aromatic rings. The largest absolute Gasteiger partial charge is 0.573 e. The second kappa shape index (κ2) is 16.4. The first-order chi connectivity index (χ1) is 22.1. The molecule has 4 rings (SSSR count). The quantitative estimate of drug-likeness (QED) is 0.0928. The number of carbonyl (C=O) groups is 1. The number of hydrogen-bond donors (Lipinski definition) is 0. The van der Waals surface area contributed by atoms with Crippen LogP contribution in [0.15, 0.2) is 60.7 Å². The van der Waals surface area contributed by atoms with Gasteiger partial charge in [0.05, 0.1) is 24.3 Å². The number of carbonyl (C=O) groups excluding carboxylic acids is 1. The van der Waals surface area contributed by atoms with E-state index in [1.807, 2.05) is 0 Å². The van der Waals surface area contributed by atoms with Gasteiger partial charge in [-0.25, -0.2) is 4.79 Å². The van der Waals surface area contributed by atoms with Crippen molar-refractivity contribution in [3.8, 4) is 39.9 Å². The molecule has 1 aromatic heterocycles. The highest BCUT2D eigenvalue weighted by atomic mass is 35.5. The molecule has 0 saturated carbocycles. The highest BCUT2D eigenvalue weighted by Gasteiger charge is 2.31. The molecular formula is C35H37ClF3NO6. The van der Waals surface area contributed by atoms with Gasteiger partial charge in [-0.1, -0.05) is 75.6 Å². The monoisotopic (exact) mass is 659 g/mol. The Morgan fingerprint density at radius 1 is 0.848 bits per heavy atom. The van der Waals surface area contributed by atoms with Crippen LogP contribution < -0.4 is 18.9 Å². The predicted molar refractivity (Wildman–Crippen MR) is 171 cm³/mol. The maximum absolute atomic E-state index is 12.9. The van der Waals surface area contributed by atoms with Gasteiger partial charge in [-0.2, -0.15) is 0 Å². The highest BCUT2D eigenvalue weighted by molar-refractivity contribution is 6.33. The maximum atomic E-state index is 12.9. The molecule has 0 spiro atoms. The molecule has 0 radical (unpaired) electrons. The Morgan fingerprint density at radius 2 is 1.43 bits per heavy atom. The number of benzene rings is 3. The van der Waals surface area contributed by atoms with Crippen LogP contribution in [0.2, 0.25) is 5.02 Å². The lowest BCUT2D eigenvalue weighted by molar-refractivity contribution is -0.274. The van der Waals surface area contributed by atoms with Crippen LogP contribution in [-0.2, 0) is 4.74 Å². The number of aryl methyl sites for hydroxylation is 1. The molecule has 0 saturated heterocycles. The molecule has 0 amide bonds. The molecule has 0 aliphatic carbocycles. The first-order valence-corrected chi connectivity index (χ1v) is 15.6. The molecule has 0 fully saturated rings. The molecule has 46 heavy (non-hydrogen) atoms. The number of pyridine rings is 1. The zero-order chi connectivity index (χ0) is 33.1. The lowest BCUT2D eigenvalue weighted by Gasteiger charge is -2.17. The van der Waals surface area contributed by atoms with Crippen LogP contribution >= 0.6 is 11.6 Å². The van der Waals surface area contributed by atoms with Gasteiger partial charge in [0.2, 0.25) is 0 Å². The van der Waals surface area contributed by atoms with E-state index >= 15 is 0 Å². The van der Waals surface area contributed by atoms with Gasteiger partial charge in [-0.15, -0.1) is 13.2 Å². The van der Waals surface area contributed by atoms with E-state index in [4.69, 9.17) is 35.5 Å². The van der Waals surface area contributed by atoms with Crippen LogP contribution in [-0.4, -0.2) is 31.2 Å². The summed E-state index contributed by atoms with van der Waals surface area (Å²) in [6.45, 7) is 4.24. The van der Waals surface area contributed by atoms with E-state index in [9.17, 15) is 18.0 Å². The third-order valence-electron chi connectivity index (χ3n) is 7.23. The van der Waals surface area contributed by atoms with E-state index < -0.39 is 12.5 Å². The molecule has 3 aromatic carbocycles. The Bertz CT molecular complexity index is 1590. The van der Waals surface area contributed by atoms with Crippen LogP contribution in [0.3, 0.4) is 0 Å². The van der Waals surface area contributed by atoms with Gasteiger partial charge >= 0.3 is 12.5 Å². The predicted octanol–water partition coefficient (Wildman–Crippen LogP) is 11.2. The summed E-state index contributed by atoms with van der Waals surface area (Å²) in [6.07, 6.45) is 3.33. The molecule has 0 atom stereocenters. The Morgan fingerprint density at radius 3 is 2.04 bits per heavy atom. The fourth-order valence-corrected chi connectivity index (χ4v) is 5.24. The molecule has 7 nitrogen and oxygen atoms in total. The van der Waals surface area contributed by atoms with Crippen molar-refractivity contribution in [1.82, 2.24) is 4.98 Å². The van der Waals surface area contributed by atoms with Crippen LogP contribution in [0.25, 0.3) is 22.0 Å². The number of hydrogen-bond acceptors (Lipinski definition) is 7. The molecular weight excluding hydrogens is 623 g/mol. The van der Waals surface area contributed by atoms with E-state index in [-0.39, 0.29) is 18.1 Å². The number of fused-ring (bicyclic) bond motifs is 1. The van der Waals surface area contributed by atoms with Crippen molar-refractivity contribution >= 4 is 28.7 Å². The fourth-order valence-electron chi connectivity index (χ4n) is 4.99. The van der Waals surface area contributed by atoms with Crippen molar-refractivity contribution < 1.29 is 41.7 Å². The van der Waals surface area contributed by atoms with Gasteiger partial charge in [-0.3, -0.25) is 4.98 Å². The summed E-state index contributed by atoms with van der Waals surface area (Å²) < 4.78 is 63.7. The molecule has 0 bridgehead atoms. The smallest absolute Gasteiger partial charge is 0.495 e. The first kappa shape index (κ1) is 34.7. The van der Waals surface area contributed by atoms with Crippen LogP contribution in [0.5, 0.6) is 28.7 Å². The lowest BCUT2D eigenvalue weighted by Crippen LogP contribution is -2.16. The summed E-state index contributed by atoms with van der Waals surface area (Å²) in [7, 11) is 1.50. The zero-order valence-electron chi connectivity index (χ0n) is 26.0. The highest BCUT2D eigenvalue weighted by Crippen LogP contribution is 2.42. The molecule has 246 valence electrons. The molecule has 0 N–H and O–H groups in total. The van der Waals surface area contributed by atoms with Crippen molar-refractivity contribution in [3.05, 3.63) is 71.4 Å². The number of halogens is 4. The van der Waals surface area contributed by atoms with E-state index in [2.05, 4.69) is 11.7 Å². The minimum atomic E-state index is -4.78. The normalized spacial score (nSPS) is 11.4. The summed E-state index contributed by atoms with van der Waals surface area (Å²) in [6, 6.07) is 15.3. The Balaban J connectivity index is 1.51. The molecule has 11 heteroatoms. The number of nitrogens with zero attached hydrogens (tertiary/aromatic N) is 1. The minimum absolute atomic E-state index is 0.238. The van der Waals surface area contributed by atoms with Crippen molar-refractivity contribution in [2.24, 2.45) is 0 Å². The van der Waals surface area contributed by atoms with Crippen molar-refractivity contribution in [3.63, 3.8) is 0 Å². The summed E-state index contributed by atoms with van der Waals surface area (Å²) in [5, 5.41) is 0.816. The Labute approximate surface area is 271 Å². The van der Waals surface area contributed by atoms with Gasteiger partial charge in [-0.05, 0) is 61.4 Å². The number of unbranched alkanes of at least 4 members (excludes halogenated alkanes) is 7. The fraction of sp³-hybridized carbons (Fsp3) is 0.371. The second-order valence-corrected chi connectivity index (χ2v) is 11.1. The SMILES string of the molecule is CCCCCCCCCCOC(=O)Oc1c(-c2ccc(Oc3ccc(OC(F)(F)F)cc3)cc2)c(C)nc2cc(OC)c(Cl)cc12. The number of methoxy groups -OCH3 is 1. The Hall–Kier alpha value is -4.18. The minimum Gasteiger partial charge on any atom is -0.495 e. The third kappa shape index (κ3) is 9.91. The van der Waals surface area contributed by atoms with Gasteiger partial charge in [0.15, 0.2) is 5.75 Å². The van der Waals surface area contributed by atoms with Gasteiger partial charge in [0.25, 0.3) is 0 Å². The molecule has 0 aliphatic rings. The van der Waals surface area contributed by atoms with E-state index in [1.54, 1.807) is 43.3 Å². The van der Waals surface area contributed by atoms with Crippen molar-refractivity contribution in [1.29, 1.82) is 0 Å². The average Bonchev–Trinajstić information content (AvgIpc) is 3.01. The van der Waals surface area contributed by atoms with Crippen LogP contribution in [0.1, 0.15) is 64.0 Å². The van der Waals surface area contributed by atoms with E-state index in [1.165, 1.54) is 63.5 Å². The second-order valence-electron chi connectivity index (χ2n) is 10.7. The molecule has 0 aliphatic heterocycles. The number of alkyl halides is 3. The van der Waals surface area contributed by atoms with Crippen molar-refractivity contribution in [2.45, 2.75) is 71.6 Å². The number of aromatic nitrogens is 1. The van der Waals surface area contributed by atoms with Gasteiger partial charge in [0, 0.05) is 22.7 Å². The van der Waals surface area contributed by atoms with E-state index in [0.29, 0.717) is 50.0 Å². The number of rotatable bonds is 15. The van der Waals surface area contributed by atoms with Crippen molar-refractivity contribution in [2.75, 3.05) is 13.7 Å². The molecule has 0 unspecified atom stereocenters. The molecule has 1 heterocycles. The summed E-state index contributed by atoms with van der Waals surface area (Å²) in [5.41, 5.74) is 2.33. The average molecular weight is 660 g/mol. The summed E-state index contributed by atoms with van der Waals surface area (Å²) >= 11 is 6.46. The van der Waals surface area contributed by atoms with Crippen LogP contribution in [0.4, 0.5) is 18.0 Å². The van der Waals surface area contributed by atoms with E-state index in [0.717, 1.165) is 19.3 Å². The lowest BCUT2D eigenvalue weighted by atomic mass is 10.00. The third-order valence-corrected chi connectivity index (χ3v) is 7.53. The zero-order valence-corrected chi connectivity index (χ0v) is 26.8. The number of ether oxygens (including phenoxy) is 5. The Kier molecular flexibility index (Phi) is 12.4. The van der Waals surface area contributed by atoms with Gasteiger partial charge < -0.3 is 23.7 Å². The maximum Gasteiger partial charge on any atom is 0.573 e. The topological polar surface area (TPSA) is 76.1 Å². The standard InChI is InChI=1S/C35H37ClF3NO6/c1-4-5-6-7-8-9-10-11-20-43-34(41)45-33-28-21-29(36)31(42-3)22-30(28)40-23(2)32(33)24-12-14-25(15-13-24)44-26-16-18-27(19-17-26)46-35(37,38)39/h12-19,21-22H,4-11,20H2,1-3H3. The first-order valence-electron chi connectivity index (χ1n) is 15.2. The van der Waals surface area contributed by atoms with Gasteiger partial charge in [0.1, 0.15) is 23.0 Å². The summed E-state index contributed by atoms with van der Waals surface area (Å²) in [5.74, 6) is 1.06.